The van der Waals surface area contributed by atoms with Crippen molar-refractivity contribution in [3.63, 3.8) is 0 Å². The van der Waals surface area contributed by atoms with Gasteiger partial charge in [0.25, 0.3) is 5.79 Å². The van der Waals surface area contributed by atoms with Gasteiger partial charge in [0.1, 0.15) is 44.7 Å². The summed E-state index contributed by atoms with van der Waals surface area (Å²) in [4.78, 5) is 77.3. The Morgan fingerprint density at radius 3 is 1.55 bits per heavy atom. The molecule has 0 radical (unpaired) electrons. The van der Waals surface area contributed by atoms with E-state index in [0.29, 0.717) is 18.8 Å². The van der Waals surface area contributed by atoms with Gasteiger partial charge in [-0.25, -0.2) is 4.79 Å². The second kappa shape index (κ2) is 48.1. The van der Waals surface area contributed by atoms with Gasteiger partial charge >= 0.3 is 38.1 Å². The van der Waals surface area contributed by atoms with Crippen molar-refractivity contribution in [1.29, 1.82) is 0 Å². The first kappa shape index (κ1) is 75.0. The van der Waals surface area contributed by atoms with Crippen LogP contribution in [0.4, 0.5) is 0 Å². The van der Waals surface area contributed by atoms with E-state index in [2.05, 4.69) is 19.2 Å². The normalized spacial score (nSPS) is 18.1. The molecule has 2 unspecified atom stereocenters. The van der Waals surface area contributed by atoms with Crippen LogP contribution >= 0.6 is 8.25 Å². The third-order valence-electron chi connectivity index (χ3n) is 14.3. The second-order valence-corrected chi connectivity index (χ2v) is 22.9. The SMILES string of the molecule is CCCCCCCCCCCCCCCCOCC(CO[P+](=O)OCCO[C@]1(C(=O)OCc2ccccc2)C[C@H](OC(C)=O)[C@@H](NC(C)=O)[C@H]([C@H](OC(C)=O)[C@@H](COC(C)=O)OC(C)=O)O1)OCCCCCCCCCCCCCCCC. The van der Waals surface area contributed by atoms with Gasteiger partial charge in [0, 0.05) is 52.4 Å². The summed E-state index contributed by atoms with van der Waals surface area (Å²) in [7, 11) is -2.77. The Labute approximate surface area is 498 Å². The molecule has 0 saturated carbocycles. The first-order chi connectivity index (χ1) is 40.1. The number of rotatable bonds is 52. The number of amides is 1. The van der Waals surface area contributed by atoms with Crippen molar-refractivity contribution in [2.24, 2.45) is 0 Å². The maximum Gasteiger partial charge on any atom is 0.697 e. The number of ether oxygens (including phenoxy) is 9. The van der Waals surface area contributed by atoms with Gasteiger partial charge in [0.05, 0.1) is 25.7 Å². The third kappa shape index (κ3) is 37.2. The fourth-order valence-corrected chi connectivity index (χ4v) is 10.6. The zero-order chi connectivity index (χ0) is 60.8. The number of hydrogen-bond acceptors (Lipinski definition) is 18. The predicted molar refractivity (Wildman–Crippen MR) is 316 cm³/mol. The summed E-state index contributed by atoms with van der Waals surface area (Å²) in [5, 5.41) is 2.64. The van der Waals surface area contributed by atoms with E-state index in [-0.39, 0.29) is 19.8 Å². The van der Waals surface area contributed by atoms with Crippen LogP contribution in [-0.2, 0) is 91.6 Å². The molecule has 1 fully saturated rings. The summed E-state index contributed by atoms with van der Waals surface area (Å²) in [5.41, 5.74) is 0.588. The first-order valence-corrected chi connectivity index (χ1v) is 32.6. The largest absolute Gasteiger partial charge is 0.697 e. The Morgan fingerprint density at radius 1 is 0.566 bits per heavy atom. The molecule has 1 aromatic carbocycles. The highest BCUT2D eigenvalue weighted by Crippen LogP contribution is 2.38. The predicted octanol–water partition coefficient (Wildman–Crippen LogP) is 13.1. The van der Waals surface area contributed by atoms with Gasteiger partial charge in [-0.1, -0.05) is 211 Å². The fourth-order valence-electron chi connectivity index (χ4n) is 10.0. The molecule has 8 atom stereocenters. The van der Waals surface area contributed by atoms with Crippen molar-refractivity contribution in [2.45, 2.75) is 284 Å². The Morgan fingerprint density at radius 2 is 1.07 bits per heavy atom. The van der Waals surface area contributed by atoms with Crippen LogP contribution in [0.15, 0.2) is 30.3 Å². The molecule has 2 rings (SSSR count). The number of hydrogen-bond donors (Lipinski definition) is 1. The quantitative estimate of drug-likeness (QED) is 0.0276. The van der Waals surface area contributed by atoms with Crippen molar-refractivity contribution >= 4 is 44.0 Å². The smallest absolute Gasteiger partial charge is 0.462 e. The number of nitrogens with one attached hydrogen (secondary N) is 1. The molecule has 20 heteroatoms. The van der Waals surface area contributed by atoms with Crippen molar-refractivity contribution in [1.82, 2.24) is 5.32 Å². The van der Waals surface area contributed by atoms with Crippen LogP contribution < -0.4 is 5.32 Å². The summed E-state index contributed by atoms with van der Waals surface area (Å²) in [6.07, 6.45) is 27.4. The zero-order valence-electron chi connectivity index (χ0n) is 51.8. The van der Waals surface area contributed by atoms with E-state index in [0.717, 1.165) is 59.8 Å². The van der Waals surface area contributed by atoms with Gasteiger partial charge in [0.15, 0.2) is 12.2 Å². The highest BCUT2D eigenvalue weighted by molar-refractivity contribution is 7.33. The van der Waals surface area contributed by atoms with Gasteiger partial charge in [-0.15, -0.1) is 9.05 Å². The molecule has 0 aliphatic carbocycles. The van der Waals surface area contributed by atoms with E-state index < -0.39 is 113 Å². The molecule has 1 aliphatic heterocycles. The molecule has 19 nitrogen and oxygen atoms in total. The van der Waals surface area contributed by atoms with Gasteiger partial charge in [-0.3, -0.25) is 24.0 Å². The van der Waals surface area contributed by atoms with Gasteiger partial charge in [0.2, 0.25) is 5.91 Å². The number of esters is 5. The van der Waals surface area contributed by atoms with Gasteiger partial charge in [-0.2, -0.15) is 0 Å². The maximum atomic E-state index is 14.5. The van der Waals surface area contributed by atoms with Crippen LogP contribution in [0.25, 0.3) is 0 Å². The van der Waals surface area contributed by atoms with Gasteiger partial charge < -0.3 is 47.9 Å². The zero-order valence-corrected chi connectivity index (χ0v) is 52.7. The Balaban J connectivity index is 2.17. The minimum absolute atomic E-state index is 0.0864. The molecule has 0 spiro atoms. The highest BCUT2D eigenvalue weighted by atomic mass is 31.1. The van der Waals surface area contributed by atoms with E-state index in [4.69, 9.17) is 51.7 Å². The number of carbonyl (C=O) groups excluding carboxylic acids is 6. The van der Waals surface area contributed by atoms with Crippen LogP contribution in [0, 0.1) is 0 Å². The molecule has 1 aromatic rings. The van der Waals surface area contributed by atoms with Crippen molar-refractivity contribution in [2.75, 3.05) is 46.2 Å². The average molecular weight is 1200 g/mol. The lowest BCUT2D eigenvalue weighted by atomic mass is 9.88. The van der Waals surface area contributed by atoms with Crippen LogP contribution in [-0.4, -0.2) is 124 Å². The number of benzene rings is 1. The Kier molecular flexibility index (Phi) is 43.4. The molecule has 1 saturated heterocycles. The molecular formula is C63H107NO18P+. The van der Waals surface area contributed by atoms with Gasteiger partial charge in [-0.05, 0) is 18.4 Å². The van der Waals surface area contributed by atoms with Crippen LogP contribution in [0.2, 0.25) is 0 Å². The molecule has 1 N–H and O–H groups in total. The standard InChI is InChI=1S/C63H106NO18P/c1-8-10-12-14-16-18-20-22-24-26-28-30-32-37-41-72-47-56(73-42-38-33-31-29-27-25-23-21-19-17-15-13-11-9-2)48-78-83(71)77-44-43-76-63(62(70)75-46-55-39-35-34-36-40-55)45-57(79-52(5)67)59(64-50(3)65)61(82-63)60(81-54(7)69)58(80-53(6)68)49-74-51(4)66/h34-36,39-40,56-61H,8-33,37-38,41-49H2,1-7H3/p+1/t56?,57-,58+,59+,60+,61+,63+/m0/s1. The fraction of sp³-hybridized carbons (Fsp3) is 0.810. The highest BCUT2D eigenvalue weighted by Gasteiger charge is 2.59. The molecule has 1 amide bonds. The minimum Gasteiger partial charge on any atom is -0.462 e. The van der Waals surface area contributed by atoms with Crippen molar-refractivity contribution in [3.05, 3.63) is 35.9 Å². The van der Waals surface area contributed by atoms with E-state index in [1.165, 1.54) is 155 Å². The number of unbranched alkanes of at least 4 members (excludes halogenated alkanes) is 26. The minimum atomic E-state index is -2.77. The lowest BCUT2D eigenvalue weighted by Crippen LogP contribution is -2.69. The Bertz CT molecular complexity index is 1910. The average Bonchev–Trinajstić information content (AvgIpc) is 2.13. The number of carbonyl (C=O) groups is 6. The summed E-state index contributed by atoms with van der Waals surface area (Å²) in [6.45, 7) is 9.33. The lowest BCUT2D eigenvalue weighted by molar-refractivity contribution is -0.316. The second-order valence-electron chi connectivity index (χ2n) is 22.0. The monoisotopic (exact) mass is 1200 g/mol. The molecule has 0 aromatic heterocycles. The molecule has 0 bridgehead atoms. The van der Waals surface area contributed by atoms with Crippen molar-refractivity contribution < 1.29 is 85.0 Å². The first-order valence-electron chi connectivity index (χ1n) is 31.5. The Hall–Kier alpha value is -4.10. The molecular weight excluding hydrogens is 1090 g/mol. The van der Waals surface area contributed by atoms with Crippen LogP contribution in [0.3, 0.4) is 0 Å². The van der Waals surface area contributed by atoms with E-state index in [1.54, 1.807) is 30.3 Å². The summed E-state index contributed by atoms with van der Waals surface area (Å²) in [5.74, 6) is -7.73. The van der Waals surface area contributed by atoms with Crippen LogP contribution in [0.5, 0.6) is 0 Å². The van der Waals surface area contributed by atoms with E-state index in [1.807, 2.05) is 0 Å². The van der Waals surface area contributed by atoms with Crippen molar-refractivity contribution in [3.8, 4) is 0 Å². The molecule has 476 valence electrons. The van der Waals surface area contributed by atoms with E-state index in [9.17, 15) is 33.3 Å². The molecule has 1 heterocycles. The lowest BCUT2D eigenvalue weighted by Gasteiger charge is -2.48. The summed E-state index contributed by atoms with van der Waals surface area (Å²) < 4.78 is 77.4. The maximum absolute atomic E-state index is 14.5. The summed E-state index contributed by atoms with van der Waals surface area (Å²) >= 11 is 0. The molecule has 1 aliphatic rings. The summed E-state index contributed by atoms with van der Waals surface area (Å²) in [6, 6.07) is 7.28. The van der Waals surface area contributed by atoms with Crippen LogP contribution in [0.1, 0.15) is 240 Å². The third-order valence-corrected chi connectivity index (χ3v) is 15.1. The molecule has 83 heavy (non-hydrogen) atoms. The topological polar surface area (TPSA) is 233 Å². The van der Waals surface area contributed by atoms with E-state index >= 15 is 0 Å².